The summed E-state index contributed by atoms with van der Waals surface area (Å²) in [6.45, 7) is 1.85. The van der Waals surface area contributed by atoms with Crippen molar-refractivity contribution in [3.63, 3.8) is 0 Å². The van der Waals surface area contributed by atoms with E-state index in [9.17, 15) is 13.2 Å². The SMILES string of the molecule is CNCCC(=O)N1CCN(S(=O)(=O)c2cc(Cl)ccc2Cl)CC1. The Labute approximate surface area is 146 Å². The molecule has 2 rings (SSSR count). The summed E-state index contributed by atoms with van der Waals surface area (Å²) < 4.78 is 26.7. The fourth-order valence-corrected chi connectivity index (χ4v) is 4.54. The van der Waals surface area contributed by atoms with Crippen LogP contribution in [0.5, 0.6) is 0 Å². The van der Waals surface area contributed by atoms with Gasteiger partial charge in [-0.25, -0.2) is 8.42 Å². The van der Waals surface area contributed by atoms with Gasteiger partial charge in [0, 0.05) is 44.2 Å². The van der Waals surface area contributed by atoms with Crippen LogP contribution in [0.2, 0.25) is 10.0 Å². The first-order chi connectivity index (χ1) is 10.9. The van der Waals surface area contributed by atoms with Gasteiger partial charge >= 0.3 is 0 Å². The highest BCUT2D eigenvalue weighted by molar-refractivity contribution is 7.89. The second-order valence-electron chi connectivity index (χ2n) is 5.21. The highest BCUT2D eigenvalue weighted by Crippen LogP contribution is 2.28. The molecule has 0 saturated carbocycles. The second-order valence-corrected chi connectivity index (χ2v) is 7.96. The van der Waals surface area contributed by atoms with Gasteiger partial charge in [-0.3, -0.25) is 4.79 Å². The fourth-order valence-electron chi connectivity index (χ4n) is 2.38. The number of carbonyl (C=O) groups is 1. The zero-order chi connectivity index (χ0) is 17.0. The maximum absolute atomic E-state index is 12.7. The van der Waals surface area contributed by atoms with E-state index in [1.165, 1.54) is 16.4 Å². The third kappa shape index (κ3) is 4.36. The molecule has 1 heterocycles. The maximum atomic E-state index is 12.7. The molecule has 1 N–H and O–H groups in total. The molecule has 1 amide bonds. The Bertz CT molecular complexity index is 674. The van der Waals surface area contributed by atoms with Crippen molar-refractivity contribution in [1.82, 2.24) is 14.5 Å². The van der Waals surface area contributed by atoms with Gasteiger partial charge in [0.1, 0.15) is 4.90 Å². The zero-order valence-electron chi connectivity index (χ0n) is 12.8. The number of nitrogens with one attached hydrogen (secondary N) is 1. The van der Waals surface area contributed by atoms with Crippen molar-refractivity contribution in [2.75, 3.05) is 39.8 Å². The van der Waals surface area contributed by atoms with E-state index in [4.69, 9.17) is 23.2 Å². The van der Waals surface area contributed by atoms with Gasteiger partial charge in [0.25, 0.3) is 0 Å². The smallest absolute Gasteiger partial charge is 0.244 e. The van der Waals surface area contributed by atoms with E-state index in [0.29, 0.717) is 31.1 Å². The van der Waals surface area contributed by atoms with Crippen LogP contribution in [0.1, 0.15) is 6.42 Å². The van der Waals surface area contributed by atoms with Crippen LogP contribution in [0.4, 0.5) is 0 Å². The van der Waals surface area contributed by atoms with Crippen molar-refractivity contribution in [2.45, 2.75) is 11.3 Å². The van der Waals surface area contributed by atoms with Crippen molar-refractivity contribution in [3.8, 4) is 0 Å². The van der Waals surface area contributed by atoms with Crippen molar-refractivity contribution in [1.29, 1.82) is 0 Å². The predicted octanol–water partition coefficient (Wildman–Crippen LogP) is 1.44. The molecule has 9 heteroatoms. The number of benzene rings is 1. The average Bonchev–Trinajstić information content (AvgIpc) is 2.54. The van der Waals surface area contributed by atoms with Gasteiger partial charge in [-0.1, -0.05) is 23.2 Å². The number of piperazine rings is 1. The molecule has 1 aliphatic rings. The van der Waals surface area contributed by atoms with Crippen molar-refractivity contribution >= 4 is 39.1 Å². The molecular weight excluding hydrogens is 361 g/mol. The van der Waals surface area contributed by atoms with Gasteiger partial charge in [-0.2, -0.15) is 4.31 Å². The Kier molecular flexibility index (Phi) is 6.27. The summed E-state index contributed by atoms with van der Waals surface area (Å²) in [5.41, 5.74) is 0. The Morgan fingerprint density at radius 3 is 2.48 bits per heavy atom. The van der Waals surface area contributed by atoms with Gasteiger partial charge in [0.05, 0.1) is 5.02 Å². The maximum Gasteiger partial charge on any atom is 0.244 e. The molecule has 0 unspecified atom stereocenters. The summed E-state index contributed by atoms with van der Waals surface area (Å²) in [6, 6.07) is 4.36. The Morgan fingerprint density at radius 1 is 1.22 bits per heavy atom. The second kappa shape index (κ2) is 7.81. The number of rotatable bonds is 5. The minimum absolute atomic E-state index is 0.00151. The molecule has 1 fully saturated rings. The van der Waals surface area contributed by atoms with Crippen LogP contribution in [-0.2, 0) is 14.8 Å². The summed E-state index contributed by atoms with van der Waals surface area (Å²) in [7, 11) is -1.93. The molecule has 0 aromatic heterocycles. The molecule has 128 valence electrons. The van der Waals surface area contributed by atoms with E-state index >= 15 is 0 Å². The van der Waals surface area contributed by atoms with Crippen molar-refractivity contribution in [2.24, 2.45) is 0 Å². The highest BCUT2D eigenvalue weighted by Gasteiger charge is 2.31. The third-order valence-corrected chi connectivity index (χ3v) is 6.31. The van der Waals surface area contributed by atoms with E-state index < -0.39 is 10.0 Å². The van der Waals surface area contributed by atoms with E-state index in [1.54, 1.807) is 18.0 Å². The summed E-state index contributed by atoms with van der Waals surface area (Å²) >= 11 is 11.9. The normalized spacial score (nSPS) is 16.6. The fraction of sp³-hybridized carbons (Fsp3) is 0.500. The third-order valence-electron chi connectivity index (χ3n) is 3.69. The molecule has 0 atom stereocenters. The van der Waals surface area contributed by atoms with Gasteiger partial charge in [-0.05, 0) is 25.2 Å². The quantitative estimate of drug-likeness (QED) is 0.839. The molecule has 23 heavy (non-hydrogen) atoms. The molecule has 1 saturated heterocycles. The van der Waals surface area contributed by atoms with Crippen LogP contribution in [0.3, 0.4) is 0 Å². The summed E-state index contributed by atoms with van der Waals surface area (Å²) in [5.74, 6) is 0.0252. The number of carbonyl (C=O) groups excluding carboxylic acids is 1. The number of hydrogen-bond donors (Lipinski definition) is 1. The topological polar surface area (TPSA) is 69.7 Å². The lowest BCUT2D eigenvalue weighted by atomic mass is 10.3. The first-order valence-electron chi connectivity index (χ1n) is 7.24. The largest absolute Gasteiger partial charge is 0.340 e. The molecule has 0 radical (unpaired) electrons. The average molecular weight is 380 g/mol. The molecule has 1 aromatic carbocycles. The Balaban J connectivity index is 2.07. The predicted molar refractivity (Wildman–Crippen MR) is 90.3 cm³/mol. The standard InChI is InChI=1S/C14H19Cl2N3O3S/c1-17-5-4-14(20)18-6-8-19(9-7-18)23(21,22)13-10-11(15)2-3-12(13)16/h2-3,10,17H,4-9H2,1H3. The van der Waals surface area contributed by atoms with Gasteiger partial charge in [0.15, 0.2) is 0 Å². The first-order valence-corrected chi connectivity index (χ1v) is 9.43. The van der Waals surface area contributed by atoms with Crippen LogP contribution < -0.4 is 5.32 Å². The highest BCUT2D eigenvalue weighted by atomic mass is 35.5. The zero-order valence-corrected chi connectivity index (χ0v) is 15.1. The lowest BCUT2D eigenvalue weighted by Gasteiger charge is -2.34. The van der Waals surface area contributed by atoms with E-state index in [1.807, 2.05) is 0 Å². The Hall–Kier alpha value is -0.860. The summed E-state index contributed by atoms with van der Waals surface area (Å²) in [4.78, 5) is 13.6. The number of hydrogen-bond acceptors (Lipinski definition) is 4. The lowest BCUT2D eigenvalue weighted by Crippen LogP contribution is -2.50. The summed E-state index contributed by atoms with van der Waals surface area (Å²) in [5, 5.41) is 3.38. The van der Waals surface area contributed by atoms with Gasteiger partial charge in [-0.15, -0.1) is 0 Å². The molecule has 0 aliphatic carbocycles. The number of sulfonamides is 1. The van der Waals surface area contributed by atoms with Gasteiger partial charge in [0.2, 0.25) is 15.9 Å². The molecule has 1 aliphatic heterocycles. The number of amides is 1. The van der Waals surface area contributed by atoms with E-state index in [-0.39, 0.29) is 28.9 Å². The monoisotopic (exact) mass is 379 g/mol. The van der Waals surface area contributed by atoms with Crippen molar-refractivity contribution in [3.05, 3.63) is 28.2 Å². The van der Waals surface area contributed by atoms with E-state index in [0.717, 1.165) is 0 Å². The van der Waals surface area contributed by atoms with E-state index in [2.05, 4.69) is 5.32 Å². The molecule has 6 nitrogen and oxygen atoms in total. The molecule has 0 spiro atoms. The number of halogens is 2. The first kappa shape index (κ1) is 18.5. The molecule has 1 aromatic rings. The Morgan fingerprint density at radius 2 is 1.87 bits per heavy atom. The minimum Gasteiger partial charge on any atom is -0.340 e. The van der Waals surface area contributed by atoms with Crippen LogP contribution >= 0.6 is 23.2 Å². The number of nitrogens with zero attached hydrogens (tertiary/aromatic N) is 2. The lowest BCUT2D eigenvalue weighted by molar-refractivity contribution is -0.132. The minimum atomic E-state index is -3.71. The van der Waals surface area contributed by atoms with Crippen LogP contribution in [0.25, 0.3) is 0 Å². The van der Waals surface area contributed by atoms with Crippen molar-refractivity contribution < 1.29 is 13.2 Å². The summed E-state index contributed by atoms with van der Waals surface area (Å²) in [6.07, 6.45) is 0.406. The van der Waals surface area contributed by atoms with Gasteiger partial charge < -0.3 is 10.2 Å². The van der Waals surface area contributed by atoms with Crippen LogP contribution in [0, 0.1) is 0 Å². The van der Waals surface area contributed by atoms with Crippen LogP contribution in [-0.4, -0.2) is 63.3 Å². The molecular formula is C14H19Cl2N3O3S. The van der Waals surface area contributed by atoms with Crippen LogP contribution in [0.15, 0.2) is 23.1 Å². The molecule has 0 bridgehead atoms.